The standard InChI is InChI=1S/C12H15N5O2S/c1-17-8-14-16-12(17)20-6-5-19-10-4-2-3-9(7-10)11(18)15-13/h2-4,7-8H,5-6,13H2,1H3,(H,15,18). The average molecular weight is 293 g/mol. The lowest BCUT2D eigenvalue weighted by Crippen LogP contribution is -2.29. The van der Waals surface area contributed by atoms with E-state index < -0.39 is 0 Å². The maximum Gasteiger partial charge on any atom is 0.265 e. The van der Waals surface area contributed by atoms with Gasteiger partial charge in [-0.25, -0.2) is 5.84 Å². The maximum absolute atomic E-state index is 11.4. The van der Waals surface area contributed by atoms with Crippen molar-refractivity contribution in [3.8, 4) is 5.75 Å². The predicted molar refractivity (Wildman–Crippen MR) is 75.3 cm³/mol. The Morgan fingerprint density at radius 3 is 3.10 bits per heavy atom. The van der Waals surface area contributed by atoms with E-state index in [1.54, 1.807) is 42.4 Å². The van der Waals surface area contributed by atoms with Crippen LogP contribution in [0.4, 0.5) is 0 Å². The van der Waals surface area contributed by atoms with Crippen LogP contribution in [0.5, 0.6) is 5.75 Å². The topological polar surface area (TPSA) is 95.1 Å². The summed E-state index contributed by atoms with van der Waals surface area (Å²) in [4.78, 5) is 11.4. The number of nitrogens with two attached hydrogens (primary N) is 1. The summed E-state index contributed by atoms with van der Waals surface area (Å²) in [5, 5.41) is 8.59. The van der Waals surface area contributed by atoms with Gasteiger partial charge in [-0.1, -0.05) is 17.8 Å². The highest BCUT2D eigenvalue weighted by Gasteiger charge is 2.05. The smallest absolute Gasteiger partial charge is 0.265 e. The Kier molecular flexibility index (Phi) is 4.97. The van der Waals surface area contributed by atoms with Gasteiger partial charge in [-0.2, -0.15) is 0 Å². The van der Waals surface area contributed by atoms with Crippen molar-refractivity contribution in [1.29, 1.82) is 0 Å². The number of aromatic nitrogens is 3. The maximum atomic E-state index is 11.4. The number of hydrogen-bond acceptors (Lipinski definition) is 6. The van der Waals surface area contributed by atoms with Crippen LogP contribution in [-0.2, 0) is 7.05 Å². The molecule has 0 aliphatic rings. The van der Waals surface area contributed by atoms with Crippen LogP contribution >= 0.6 is 11.8 Å². The summed E-state index contributed by atoms with van der Waals surface area (Å²) in [6.07, 6.45) is 1.65. The van der Waals surface area contributed by atoms with Crippen molar-refractivity contribution in [3.05, 3.63) is 36.2 Å². The molecule has 3 N–H and O–H groups in total. The van der Waals surface area contributed by atoms with Crippen molar-refractivity contribution < 1.29 is 9.53 Å². The van der Waals surface area contributed by atoms with E-state index in [0.29, 0.717) is 17.9 Å². The quantitative estimate of drug-likeness (QED) is 0.266. The van der Waals surface area contributed by atoms with Crippen LogP contribution in [0, 0.1) is 0 Å². The number of carbonyl (C=O) groups excluding carboxylic acids is 1. The van der Waals surface area contributed by atoms with Gasteiger partial charge in [0.1, 0.15) is 12.1 Å². The molecule has 1 amide bonds. The van der Waals surface area contributed by atoms with E-state index >= 15 is 0 Å². The van der Waals surface area contributed by atoms with Gasteiger partial charge in [0.25, 0.3) is 5.91 Å². The fraction of sp³-hybridized carbons (Fsp3) is 0.250. The number of thioether (sulfide) groups is 1. The molecule has 8 heteroatoms. The highest BCUT2D eigenvalue weighted by atomic mass is 32.2. The summed E-state index contributed by atoms with van der Waals surface area (Å²) in [6.45, 7) is 0.505. The summed E-state index contributed by atoms with van der Waals surface area (Å²) >= 11 is 1.55. The zero-order valence-electron chi connectivity index (χ0n) is 10.9. The molecule has 2 rings (SSSR count). The first-order chi connectivity index (χ1) is 9.70. The molecule has 7 nitrogen and oxygen atoms in total. The van der Waals surface area contributed by atoms with E-state index in [0.717, 1.165) is 10.9 Å². The molecule has 20 heavy (non-hydrogen) atoms. The second-order valence-electron chi connectivity index (χ2n) is 3.92. The number of carbonyl (C=O) groups is 1. The van der Waals surface area contributed by atoms with Crippen LogP contribution in [0.25, 0.3) is 0 Å². The molecule has 0 spiro atoms. The lowest BCUT2D eigenvalue weighted by molar-refractivity contribution is 0.0953. The SMILES string of the molecule is Cn1cnnc1SCCOc1cccc(C(=O)NN)c1. The molecule has 0 bridgehead atoms. The molecule has 1 aromatic carbocycles. The zero-order valence-corrected chi connectivity index (χ0v) is 11.8. The minimum Gasteiger partial charge on any atom is -0.493 e. The molecule has 0 unspecified atom stereocenters. The largest absolute Gasteiger partial charge is 0.493 e. The summed E-state index contributed by atoms with van der Waals surface area (Å²) in [6, 6.07) is 6.86. The minimum absolute atomic E-state index is 0.344. The summed E-state index contributed by atoms with van der Waals surface area (Å²) in [5.74, 6) is 6.11. The molecule has 0 fully saturated rings. The van der Waals surface area contributed by atoms with Gasteiger partial charge in [-0.05, 0) is 18.2 Å². The first kappa shape index (κ1) is 14.4. The molecule has 0 aliphatic heterocycles. The number of aryl methyl sites for hydroxylation is 1. The van der Waals surface area contributed by atoms with Gasteiger partial charge in [0.05, 0.1) is 6.61 Å². The lowest BCUT2D eigenvalue weighted by Gasteiger charge is -2.07. The third-order valence-electron chi connectivity index (χ3n) is 2.48. The molecule has 1 heterocycles. The fourth-order valence-corrected chi connectivity index (χ4v) is 2.21. The van der Waals surface area contributed by atoms with E-state index in [4.69, 9.17) is 10.6 Å². The summed E-state index contributed by atoms with van der Waals surface area (Å²) in [5.41, 5.74) is 2.55. The monoisotopic (exact) mass is 293 g/mol. The third kappa shape index (κ3) is 3.72. The van der Waals surface area contributed by atoms with Crippen LogP contribution in [0.1, 0.15) is 10.4 Å². The van der Waals surface area contributed by atoms with E-state index in [1.165, 1.54) is 0 Å². The van der Waals surface area contributed by atoms with E-state index in [1.807, 2.05) is 11.6 Å². The zero-order chi connectivity index (χ0) is 14.4. The van der Waals surface area contributed by atoms with E-state index in [9.17, 15) is 4.79 Å². The number of hydrazine groups is 1. The van der Waals surface area contributed by atoms with Crippen molar-refractivity contribution in [2.45, 2.75) is 5.16 Å². The Morgan fingerprint density at radius 1 is 1.55 bits per heavy atom. The number of amides is 1. The molecular weight excluding hydrogens is 278 g/mol. The minimum atomic E-state index is -0.344. The Bertz CT molecular complexity index is 587. The first-order valence-corrected chi connectivity index (χ1v) is 6.90. The number of nitrogens with one attached hydrogen (secondary N) is 1. The molecule has 0 atom stereocenters. The summed E-state index contributed by atoms with van der Waals surface area (Å²) in [7, 11) is 1.89. The van der Waals surface area contributed by atoms with Crippen molar-refractivity contribution in [2.24, 2.45) is 12.9 Å². The van der Waals surface area contributed by atoms with Gasteiger partial charge in [-0.15, -0.1) is 10.2 Å². The number of nitrogens with zero attached hydrogens (tertiary/aromatic N) is 3. The van der Waals surface area contributed by atoms with Crippen LogP contribution in [0.15, 0.2) is 35.7 Å². The lowest BCUT2D eigenvalue weighted by atomic mass is 10.2. The van der Waals surface area contributed by atoms with E-state index in [2.05, 4.69) is 15.6 Å². The first-order valence-electron chi connectivity index (χ1n) is 5.91. The van der Waals surface area contributed by atoms with Crippen LogP contribution in [0.3, 0.4) is 0 Å². The molecular formula is C12H15N5O2S. The number of nitrogen functional groups attached to an aromatic ring is 1. The average Bonchev–Trinajstić information content (AvgIpc) is 2.88. The number of hydrogen-bond donors (Lipinski definition) is 2. The van der Waals surface area contributed by atoms with Gasteiger partial charge in [0.15, 0.2) is 5.16 Å². The van der Waals surface area contributed by atoms with Crippen LogP contribution in [0.2, 0.25) is 0 Å². The van der Waals surface area contributed by atoms with Gasteiger partial charge >= 0.3 is 0 Å². The Hall–Kier alpha value is -2.06. The van der Waals surface area contributed by atoms with Crippen molar-refractivity contribution >= 4 is 17.7 Å². The van der Waals surface area contributed by atoms with Gasteiger partial charge in [0.2, 0.25) is 0 Å². The Balaban J connectivity index is 1.82. The van der Waals surface area contributed by atoms with Crippen molar-refractivity contribution in [2.75, 3.05) is 12.4 Å². The predicted octanol–water partition coefficient (Wildman–Crippen LogP) is 0.590. The molecule has 2 aromatic rings. The highest BCUT2D eigenvalue weighted by molar-refractivity contribution is 7.99. The van der Waals surface area contributed by atoms with Crippen LogP contribution in [-0.4, -0.2) is 33.0 Å². The van der Waals surface area contributed by atoms with Gasteiger partial charge < -0.3 is 9.30 Å². The highest BCUT2D eigenvalue weighted by Crippen LogP contribution is 2.16. The fourth-order valence-electron chi connectivity index (χ4n) is 1.51. The molecule has 106 valence electrons. The Labute approximate surface area is 120 Å². The molecule has 0 saturated heterocycles. The number of ether oxygens (including phenoxy) is 1. The second kappa shape index (κ2) is 6.92. The van der Waals surface area contributed by atoms with Gasteiger partial charge in [-0.3, -0.25) is 10.2 Å². The molecule has 0 radical (unpaired) electrons. The summed E-state index contributed by atoms with van der Waals surface area (Å²) < 4.78 is 7.42. The second-order valence-corrected chi connectivity index (χ2v) is 4.98. The number of benzene rings is 1. The molecule has 0 saturated carbocycles. The number of rotatable bonds is 6. The van der Waals surface area contributed by atoms with Gasteiger partial charge in [0, 0.05) is 18.4 Å². The van der Waals surface area contributed by atoms with Crippen molar-refractivity contribution in [1.82, 2.24) is 20.2 Å². The normalized spacial score (nSPS) is 10.3. The Morgan fingerprint density at radius 2 is 2.40 bits per heavy atom. The molecule has 1 aromatic heterocycles. The third-order valence-corrected chi connectivity index (χ3v) is 3.48. The van der Waals surface area contributed by atoms with Crippen LogP contribution < -0.4 is 16.0 Å². The van der Waals surface area contributed by atoms with E-state index in [-0.39, 0.29) is 5.91 Å². The van der Waals surface area contributed by atoms with Crippen molar-refractivity contribution in [3.63, 3.8) is 0 Å². The molecule has 0 aliphatic carbocycles.